The van der Waals surface area contributed by atoms with E-state index in [-0.39, 0.29) is 16.5 Å². The number of carboxylic acids is 1. The number of nitrogens with one attached hydrogen (secondary N) is 2. The van der Waals surface area contributed by atoms with E-state index in [1.165, 1.54) is 23.1 Å². The molecule has 21 heavy (non-hydrogen) atoms. The summed E-state index contributed by atoms with van der Waals surface area (Å²) < 4.78 is 61.7. The zero-order valence-electron chi connectivity index (χ0n) is 10.2. The quantitative estimate of drug-likeness (QED) is 0.798. The van der Waals surface area contributed by atoms with Gasteiger partial charge in [-0.25, -0.2) is 17.9 Å². The largest absolute Gasteiger partial charge is 0.478 e. The van der Waals surface area contributed by atoms with E-state index in [4.69, 9.17) is 5.11 Å². The summed E-state index contributed by atoms with van der Waals surface area (Å²) >= 11 is 0. The van der Waals surface area contributed by atoms with Gasteiger partial charge in [0.15, 0.2) is 0 Å². The van der Waals surface area contributed by atoms with Crippen molar-refractivity contribution in [2.24, 2.45) is 0 Å². The van der Waals surface area contributed by atoms with Crippen LogP contribution >= 0.6 is 0 Å². The molecule has 1 aromatic heterocycles. The molecule has 0 saturated heterocycles. The van der Waals surface area contributed by atoms with Crippen molar-refractivity contribution in [2.45, 2.75) is 11.1 Å². The van der Waals surface area contributed by atoms with Crippen LogP contribution in [0.4, 0.5) is 13.2 Å². The number of halogens is 3. The molecule has 6 nitrogen and oxygen atoms in total. The van der Waals surface area contributed by atoms with Crippen LogP contribution in [-0.4, -0.2) is 37.2 Å². The third kappa shape index (κ3) is 3.34. The minimum absolute atomic E-state index is 0.106. The van der Waals surface area contributed by atoms with Gasteiger partial charge in [-0.1, -0.05) is 0 Å². The summed E-state index contributed by atoms with van der Waals surface area (Å²) in [4.78, 5) is 13.1. The van der Waals surface area contributed by atoms with Gasteiger partial charge in [0, 0.05) is 17.1 Å². The van der Waals surface area contributed by atoms with Gasteiger partial charge in [0.2, 0.25) is 10.0 Å². The fourth-order valence-electron chi connectivity index (χ4n) is 1.73. The molecule has 2 aromatic rings. The lowest BCUT2D eigenvalue weighted by Gasteiger charge is -2.11. The normalized spacial score (nSPS) is 12.7. The van der Waals surface area contributed by atoms with Gasteiger partial charge in [0.1, 0.15) is 6.54 Å². The first kappa shape index (κ1) is 15.3. The van der Waals surface area contributed by atoms with E-state index in [0.717, 1.165) is 6.07 Å². The SMILES string of the molecule is O=C(O)c1cc(S(=O)(=O)NCC(F)(F)F)c2cc[nH]c2c1. The van der Waals surface area contributed by atoms with Gasteiger partial charge in [0.05, 0.1) is 10.5 Å². The van der Waals surface area contributed by atoms with E-state index in [1.807, 2.05) is 0 Å². The van der Waals surface area contributed by atoms with Crippen LogP contribution in [0.1, 0.15) is 10.4 Å². The number of aromatic amines is 1. The number of benzene rings is 1. The monoisotopic (exact) mass is 322 g/mol. The summed E-state index contributed by atoms with van der Waals surface area (Å²) in [6.07, 6.45) is -3.35. The number of aromatic carboxylic acids is 1. The van der Waals surface area contributed by atoms with E-state index in [1.54, 1.807) is 0 Å². The van der Waals surface area contributed by atoms with Crippen molar-refractivity contribution in [3.8, 4) is 0 Å². The summed E-state index contributed by atoms with van der Waals surface area (Å²) in [7, 11) is -4.50. The first-order valence-electron chi connectivity index (χ1n) is 5.51. The molecule has 1 heterocycles. The summed E-state index contributed by atoms with van der Waals surface area (Å²) in [6, 6.07) is 3.35. The Balaban J connectivity index is 2.54. The van der Waals surface area contributed by atoms with Crippen LogP contribution in [0.15, 0.2) is 29.3 Å². The molecule has 0 radical (unpaired) electrons. The van der Waals surface area contributed by atoms with Crippen molar-refractivity contribution < 1.29 is 31.5 Å². The Bertz CT molecular complexity index is 795. The highest BCUT2D eigenvalue weighted by atomic mass is 32.2. The first-order chi connectivity index (χ1) is 9.60. The van der Waals surface area contributed by atoms with Crippen LogP contribution in [0.5, 0.6) is 0 Å². The van der Waals surface area contributed by atoms with Crippen molar-refractivity contribution in [1.82, 2.24) is 9.71 Å². The standard InChI is InChI=1S/C11H9F3N2O4S/c12-11(13,14)5-16-21(19,20)9-4-6(10(17)18)3-8-7(9)1-2-15-8/h1-4,15-16H,5H2,(H,17,18). The van der Waals surface area contributed by atoms with Crippen molar-refractivity contribution in [3.63, 3.8) is 0 Å². The summed E-state index contributed by atoms with van der Waals surface area (Å²) in [5.74, 6) is -1.39. The fourth-order valence-corrected chi connectivity index (χ4v) is 2.99. The average molecular weight is 322 g/mol. The number of carboxylic acid groups (broad SMARTS) is 1. The van der Waals surface area contributed by atoms with Crippen LogP contribution in [0.25, 0.3) is 10.9 Å². The van der Waals surface area contributed by atoms with Gasteiger partial charge in [-0.3, -0.25) is 0 Å². The molecule has 2 rings (SSSR count). The van der Waals surface area contributed by atoms with E-state index in [9.17, 15) is 26.4 Å². The number of sulfonamides is 1. The molecule has 114 valence electrons. The Labute approximate surface area is 116 Å². The van der Waals surface area contributed by atoms with Crippen molar-refractivity contribution in [2.75, 3.05) is 6.54 Å². The smallest absolute Gasteiger partial charge is 0.402 e. The van der Waals surface area contributed by atoms with Gasteiger partial charge in [0.25, 0.3) is 0 Å². The van der Waals surface area contributed by atoms with Crippen LogP contribution in [0.2, 0.25) is 0 Å². The summed E-state index contributed by atoms with van der Waals surface area (Å²) in [5.41, 5.74) is -0.153. The minimum atomic E-state index is -4.71. The Morgan fingerprint density at radius 2 is 2.00 bits per heavy atom. The molecule has 0 bridgehead atoms. The van der Waals surface area contributed by atoms with Gasteiger partial charge in [-0.05, 0) is 18.2 Å². The molecule has 0 fully saturated rings. The van der Waals surface area contributed by atoms with Crippen molar-refractivity contribution in [1.29, 1.82) is 0 Å². The van der Waals surface area contributed by atoms with Crippen LogP contribution in [0.3, 0.4) is 0 Å². The minimum Gasteiger partial charge on any atom is -0.478 e. The number of rotatable bonds is 4. The molecule has 0 amide bonds. The maximum Gasteiger partial charge on any atom is 0.402 e. The Morgan fingerprint density at radius 3 is 2.57 bits per heavy atom. The highest BCUT2D eigenvalue weighted by Gasteiger charge is 2.31. The molecular formula is C11H9F3N2O4S. The first-order valence-corrected chi connectivity index (χ1v) is 6.99. The van der Waals surface area contributed by atoms with E-state index in [2.05, 4.69) is 4.98 Å². The molecule has 0 aliphatic rings. The highest BCUT2D eigenvalue weighted by molar-refractivity contribution is 7.89. The van der Waals surface area contributed by atoms with Crippen molar-refractivity contribution >= 4 is 26.9 Å². The molecule has 10 heteroatoms. The van der Waals surface area contributed by atoms with Crippen LogP contribution < -0.4 is 4.72 Å². The number of hydrogen-bond donors (Lipinski definition) is 3. The van der Waals surface area contributed by atoms with E-state index < -0.39 is 33.6 Å². The molecule has 0 atom stereocenters. The molecule has 3 N–H and O–H groups in total. The number of H-pyrrole nitrogens is 1. The topological polar surface area (TPSA) is 99.3 Å². The second kappa shape index (κ2) is 5.04. The van der Waals surface area contributed by atoms with Crippen LogP contribution in [0, 0.1) is 0 Å². The second-order valence-electron chi connectivity index (χ2n) is 4.16. The lowest BCUT2D eigenvalue weighted by Crippen LogP contribution is -2.33. The summed E-state index contributed by atoms with van der Waals surface area (Å²) in [6.45, 7) is -1.74. The fraction of sp³-hybridized carbons (Fsp3) is 0.182. The van der Waals surface area contributed by atoms with Crippen LogP contribution in [-0.2, 0) is 10.0 Å². The maximum atomic E-state index is 12.1. The Kier molecular flexibility index (Phi) is 3.68. The second-order valence-corrected chi connectivity index (χ2v) is 5.89. The van der Waals surface area contributed by atoms with Gasteiger partial charge in [-0.15, -0.1) is 0 Å². The Morgan fingerprint density at radius 1 is 1.33 bits per heavy atom. The Hall–Kier alpha value is -2.07. The van der Waals surface area contributed by atoms with E-state index in [0.29, 0.717) is 0 Å². The van der Waals surface area contributed by atoms with Crippen molar-refractivity contribution in [3.05, 3.63) is 30.0 Å². The third-order valence-corrected chi connectivity index (χ3v) is 4.07. The molecule has 0 spiro atoms. The molecule has 0 aliphatic heterocycles. The average Bonchev–Trinajstić information content (AvgIpc) is 2.82. The van der Waals surface area contributed by atoms with E-state index >= 15 is 0 Å². The zero-order valence-corrected chi connectivity index (χ0v) is 11.0. The lowest BCUT2D eigenvalue weighted by molar-refractivity contribution is -0.121. The zero-order chi connectivity index (χ0) is 15.8. The lowest BCUT2D eigenvalue weighted by atomic mass is 10.1. The molecule has 0 unspecified atom stereocenters. The third-order valence-electron chi connectivity index (χ3n) is 2.63. The highest BCUT2D eigenvalue weighted by Crippen LogP contribution is 2.25. The van der Waals surface area contributed by atoms with Gasteiger partial charge < -0.3 is 10.1 Å². The predicted octanol–water partition coefficient (Wildman–Crippen LogP) is 1.71. The molecule has 1 aromatic carbocycles. The maximum absolute atomic E-state index is 12.1. The summed E-state index contributed by atoms with van der Waals surface area (Å²) in [5, 5.41) is 9.03. The number of aromatic nitrogens is 1. The van der Waals surface area contributed by atoms with Gasteiger partial charge >= 0.3 is 12.1 Å². The number of hydrogen-bond acceptors (Lipinski definition) is 3. The number of alkyl halides is 3. The number of carbonyl (C=O) groups is 1. The van der Waals surface area contributed by atoms with Gasteiger partial charge in [-0.2, -0.15) is 13.2 Å². The molecule has 0 saturated carbocycles. The predicted molar refractivity (Wildman–Crippen MR) is 66.5 cm³/mol. The molecule has 0 aliphatic carbocycles. The molecular weight excluding hydrogens is 313 g/mol. The number of fused-ring (bicyclic) bond motifs is 1.